The van der Waals surface area contributed by atoms with Crippen LogP contribution in [0.2, 0.25) is 0 Å². The van der Waals surface area contributed by atoms with E-state index in [1.54, 1.807) is 0 Å². The summed E-state index contributed by atoms with van der Waals surface area (Å²) >= 11 is 0. The fourth-order valence-corrected chi connectivity index (χ4v) is 3.45. The van der Waals surface area contributed by atoms with E-state index in [4.69, 9.17) is 9.47 Å². The van der Waals surface area contributed by atoms with E-state index < -0.39 is 0 Å². The number of ether oxygens (including phenoxy) is 2. The van der Waals surface area contributed by atoms with Crippen LogP contribution in [0, 0.1) is 6.92 Å². The normalized spacial score (nSPS) is 15.8. The predicted octanol–water partition coefficient (Wildman–Crippen LogP) is 5.47. The van der Waals surface area contributed by atoms with Gasteiger partial charge in [-0.05, 0) is 60.7 Å². The van der Waals surface area contributed by atoms with E-state index in [9.17, 15) is 4.79 Å². The molecule has 1 unspecified atom stereocenters. The Balaban J connectivity index is 1.46. The summed E-state index contributed by atoms with van der Waals surface area (Å²) in [4.78, 5) is 12.8. The Bertz CT molecular complexity index is 961. The molecule has 1 heterocycles. The molecule has 0 radical (unpaired) electrons. The van der Waals surface area contributed by atoms with E-state index >= 15 is 0 Å². The summed E-state index contributed by atoms with van der Waals surface area (Å²) in [6, 6.07) is 23.5. The van der Waals surface area contributed by atoms with Gasteiger partial charge < -0.3 is 14.8 Å². The van der Waals surface area contributed by atoms with Gasteiger partial charge in [0.05, 0.1) is 11.8 Å². The third-order valence-electron chi connectivity index (χ3n) is 5.09. The summed E-state index contributed by atoms with van der Waals surface area (Å²) < 4.78 is 11.6. The number of anilines is 1. The number of aryl methyl sites for hydroxylation is 1. The number of carbonyl (C=O) groups is 1. The van der Waals surface area contributed by atoms with Crippen molar-refractivity contribution in [1.29, 1.82) is 0 Å². The molecule has 0 aliphatic carbocycles. The maximum atomic E-state index is 12.8. The van der Waals surface area contributed by atoms with E-state index in [2.05, 4.69) is 17.4 Å². The third-order valence-corrected chi connectivity index (χ3v) is 5.09. The van der Waals surface area contributed by atoms with Crippen LogP contribution in [-0.4, -0.2) is 25.2 Å². The number of hydrogen-bond acceptors (Lipinski definition) is 3. The molecule has 4 heteroatoms. The van der Waals surface area contributed by atoms with E-state index in [-0.39, 0.29) is 12.0 Å². The van der Waals surface area contributed by atoms with Gasteiger partial charge in [0.1, 0.15) is 12.4 Å². The van der Waals surface area contributed by atoms with Gasteiger partial charge in [-0.3, -0.25) is 4.79 Å². The zero-order valence-corrected chi connectivity index (χ0v) is 16.6. The van der Waals surface area contributed by atoms with Gasteiger partial charge in [0.25, 0.3) is 5.91 Å². The molecule has 3 aromatic rings. The summed E-state index contributed by atoms with van der Waals surface area (Å²) in [7, 11) is 0. The first kappa shape index (κ1) is 19.2. The van der Waals surface area contributed by atoms with Crippen molar-refractivity contribution in [2.45, 2.75) is 25.9 Å². The lowest BCUT2D eigenvalue weighted by Crippen LogP contribution is -2.18. The summed E-state index contributed by atoms with van der Waals surface area (Å²) in [5, 5.41) is 2.98. The Morgan fingerprint density at radius 1 is 1.03 bits per heavy atom. The van der Waals surface area contributed by atoms with Crippen molar-refractivity contribution in [1.82, 2.24) is 0 Å². The summed E-state index contributed by atoms with van der Waals surface area (Å²) in [6.07, 6.45) is 2.22. The standard InChI is InChI=1S/C25H25NO3/c1-18-9-14-23(24(16-18)29-17-22-8-5-15-28-22)26-25(27)21-12-10-20(11-13-21)19-6-3-2-4-7-19/h2-4,6-7,9-14,16,22H,5,8,15,17H2,1H3,(H,26,27). The number of rotatable bonds is 6. The van der Waals surface area contributed by atoms with Crippen LogP contribution in [0.4, 0.5) is 5.69 Å². The zero-order valence-electron chi connectivity index (χ0n) is 16.6. The van der Waals surface area contributed by atoms with Crippen molar-refractivity contribution in [2.75, 3.05) is 18.5 Å². The Labute approximate surface area is 171 Å². The van der Waals surface area contributed by atoms with Crippen LogP contribution in [-0.2, 0) is 4.74 Å². The number of carbonyl (C=O) groups excluding carboxylic acids is 1. The first-order valence-electron chi connectivity index (χ1n) is 10.0. The molecular formula is C25H25NO3. The Morgan fingerprint density at radius 2 is 1.79 bits per heavy atom. The molecule has 1 saturated heterocycles. The molecule has 0 aromatic heterocycles. The van der Waals surface area contributed by atoms with Gasteiger partial charge in [-0.2, -0.15) is 0 Å². The van der Waals surface area contributed by atoms with Crippen LogP contribution in [0.1, 0.15) is 28.8 Å². The average molecular weight is 387 g/mol. The zero-order chi connectivity index (χ0) is 20.1. The highest BCUT2D eigenvalue weighted by atomic mass is 16.5. The largest absolute Gasteiger partial charge is 0.489 e. The quantitative estimate of drug-likeness (QED) is 0.610. The topological polar surface area (TPSA) is 47.6 Å². The molecule has 0 spiro atoms. The summed E-state index contributed by atoms with van der Waals surface area (Å²) in [5.41, 5.74) is 4.57. The number of nitrogens with one attached hydrogen (secondary N) is 1. The minimum Gasteiger partial charge on any atom is -0.489 e. The first-order chi connectivity index (χ1) is 14.2. The van der Waals surface area contributed by atoms with Crippen LogP contribution in [0.15, 0.2) is 72.8 Å². The second-order valence-corrected chi connectivity index (χ2v) is 7.34. The van der Waals surface area contributed by atoms with Crippen molar-refractivity contribution in [3.05, 3.63) is 83.9 Å². The monoisotopic (exact) mass is 387 g/mol. The van der Waals surface area contributed by atoms with Crippen molar-refractivity contribution < 1.29 is 14.3 Å². The fraction of sp³-hybridized carbons (Fsp3) is 0.240. The Morgan fingerprint density at radius 3 is 2.52 bits per heavy atom. The van der Waals surface area contributed by atoms with E-state index in [0.29, 0.717) is 23.6 Å². The van der Waals surface area contributed by atoms with Crippen molar-refractivity contribution in [3.63, 3.8) is 0 Å². The first-order valence-corrected chi connectivity index (χ1v) is 10.0. The van der Waals surface area contributed by atoms with Crippen LogP contribution in [0.25, 0.3) is 11.1 Å². The molecule has 1 aliphatic heterocycles. The minimum absolute atomic E-state index is 0.129. The molecule has 1 aliphatic rings. The van der Waals surface area contributed by atoms with Crippen molar-refractivity contribution in [2.24, 2.45) is 0 Å². The van der Waals surface area contributed by atoms with Gasteiger partial charge in [0, 0.05) is 12.2 Å². The highest BCUT2D eigenvalue weighted by molar-refractivity contribution is 6.05. The third kappa shape index (κ3) is 4.84. The van der Waals surface area contributed by atoms with E-state index in [1.165, 1.54) is 0 Å². The van der Waals surface area contributed by atoms with Crippen LogP contribution in [0.5, 0.6) is 5.75 Å². The summed E-state index contributed by atoms with van der Waals surface area (Å²) in [5.74, 6) is 0.519. The lowest BCUT2D eigenvalue weighted by atomic mass is 10.0. The van der Waals surface area contributed by atoms with E-state index in [0.717, 1.165) is 36.1 Å². The predicted molar refractivity (Wildman–Crippen MR) is 115 cm³/mol. The highest BCUT2D eigenvalue weighted by Crippen LogP contribution is 2.28. The number of benzene rings is 3. The Kier molecular flexibility index (Phi) is 5.92. The molecule has 1 atom stereocenters. The van der Waals surface area contributed by atoms with Crippen molar-refractivity contribution in [3.8, 4) is 16.9 Å². The maximum Gasteiger partial charge on any atom is 0.255 e. The molecule has 29 heavy (non-hydrogen) atoms. The van der Waals surface area contributed by atoms with Gasteiger partial charge >= 0.3 is 0 Å². The second kappa shape index (κ2) is 8.93. The average Bonchev–Trinajstić information content (AvgIpc) is 3.28. The number of hydrogen-bond donors (Lipinski definition) is 1. The lowest BCUT2D eigenvalue weighted by molar-refractivity contribution is 0.0681. The molecule has 4 rings (SSSR count). The summed E-state index contributed by atoms with van der Waals surface area (Å²) in [6.45, 7) is 3.30. The molecule has 148 valence electrons. The molecule has 1 N–H and O–H groups in total. The Hall–Kier alpha value is -3.11. The molecule has 3 aromatic carbocycles. The SMILES string of the molecule is Cc1ccc(NC(=O)c2ccc(-c3ccccc3)cc2)c(OCC2CCCO2)c1. The number of amides is 1. The smallest absolute Gasteiger partial charge is 0.255 e. The molecule has 1 fully saturated rings. The maximum absolute atomic E-state index is 12.8. The molecule has 0 bridgehead atoms. The van der Waals surface area contributed by atoms with E-state index in [1.807, 2.05) is 67.6 Å². The van der Waals surface area contributed by atoms with Crippen LogP contribution in [0.3, 0.4) is 0 Å². The molecule has 0 saturated carbocycles. The van der Waals surface area contributed by atoms with Gasteiger partial charge in [-0.15, -0.1) is 0 Å². The van der Waals surface area contributed by atoms with Gasteiger partial charge in [0.15, 0.2) is 0 Å². The molecule has 4 nitrogen and oxygen atoms in total. The fourth-order valence-electron chi connectivity index (χ4n) is 3.45. The highest BCUT2D eigenvalue weighted by Gasteiger charge is 2.17. The molecule has 1 amide bonds. The van der Waals surface area contributed by atoms with Crippen LogP contribution >= 0.6 is 0 Å². The van der Waals surface area contributed by atoms with Gasteiger partial charge in [-0.1, -0.05) is 48.5 Å². The van der Waals surface area contributed by atoms with Gasteiger partial charge in [-0.25, -0.2) is 0 Å². The minimum atomic E-state index is -0.157. The second-order valence-electron chi connectivity index (χ2n) is 7.34. The van der Waals surface area contributed by atoms with Crippen molar-refractivity contribution >= 4 is 11.6 Å². The van der Waals surface area contributed by atoms with Gasteiger partial charge in [0.2, 0.25) is 0 Å². The van der Waals surface area contributed by atoms with Crippen LogP contribution < -0.4 is 10.1 Å². The lowest BCUT2D eigenvalue weighted by Gasteiger charge is -2.16. The molecular weight excluding hydrogens is 362 g/mol.